The minimum Gasteiger partial charge on any atom is -0.377 e. The van der Waals surface area contributed by atoms with Gasteiger partial charge in [0.05, 0.1) is 12.6 Å². The summed E-state index contributed by atoms with van der Waals surface area (Å²) in [6.07, 6.45) is 0.138. The minimum absolute atomic E-state index is 0.138. The molecule has 0 spiro atoms. The van der Waals surface area contributed by atoms with Gasteiger partial charge in [0.15, 0.2) is 0 Å². The van der Waals surface area contributed by atoms with Crippen LogP contribution in [-0.2, 0) is 9.53 Å². The number of amides is 1. The molecule has 0 aromatic heterocycles. The van der Waals surface area contributed by atoms with Crippen LogP contribution in [0.2, 0.25) is 0 Å². The van der Waals surface area contributed by atoms with Gasteiger partial charge in [-0.3, -0.25) is 4.79 Å². The maximum Gasteiger partial charge on any atom is 0.231 e. The summed E-state index contributed by atoms with van der Waals surface area (Å²) in [7, 11) is 0. The van der Waals surface area contributed by atoms with E-state index in [4.69, 9.17) is 10.5 Å². The van der Waals surface area contributed by atoms with Gasteiger partial charge in [-0.2, -0.15) is 0 Å². The Morgan fingerprint density at radius 2 is 2.36 bits per heavy atom. The highest BCUT2D eigenvalue weighted by atomic mass is 16.5. The number of carbonyl (C=O) groups excluding carboxylic acids is 1. The number of hydrogen-bond donors (Lipinski definition) is 2. The van der Waals surface area contributed by atoms with E-state index in [1.54, 1.807) is 0 Å². The van der Waals surface area contributed by atoms with E-state index in [1.807, 2.05) is 13.8 Å². The summed E-state index contributed by atoms with van der Waals surface area (Å²) in [6, 6.07) is 0. The van der Waals surface area contributed by atoms with E-state index < -0.39 is 0 Å². The summed E-state index contributed by atoms with van der Waals surface area (Å²) >= 11 is 0. The molecule has 0 aliphatic carbocycles. The average molecular weight is 160 g/mol. The fourth-order valence-electron chi connectivity index (χ4n) is 0.742. The van der Waals surface area contributed by atoms with Crippen molar-refractivity contribution >= 4 is 5.91 Å². The molecule has 0 bridgehead atoms. The SMILES string of the molecule is CCOC(C)CNCC(N)=O. The first kappa shape index (κ1) is 10.4. The van der Waals surface area contributed by atoms with Gasteiger partial charge in [-0.1, -0.05) is 0 Å². The summed E-state index contributed by atoms with van der Waals surface area (Å²) in [6.45, 7) is 5.45. The lowest BCUT2D eigenvalue weighted by Crippen LogP contribution is -2.34. The Labute approximate surface area is 67.1 Å². The summed E-state index contributed by atoms with van der Waals surface area (Å²) < 4.78 is 5.21. The van der Waals surface area contributed by atoms with Crippen molar-refractivity contribution in [1.82, 2.24) is 5.32 Å². The molecule has 1 amide bonds. The third-order valence-corrected chi connectivity index (χ3v) is 1.18. The standard InChI is InChI=1S/C7H16N2O2/c1-3-11-6(2)4-9-5-7(8)10/h6,9H,3-5H2,1-2H3,(H2,8,10). The van der Waals surface area contributed by atoms with Gasteiger partial charge in [-0.15, -0.1) is 0 Å². The van der Waals surface area contributed by atoms with Crippen LogP contribution in [0.3, 0.4) is 0 Å². The normalized spacial score (nSPS) is 12.9. The Bertz CT molecular complexity index is 117. The van der Waals surface area contributed by atoms with Crippen molar-refractivity contribution in [3.63, 3.8) is 0 Å². The maximum atomic E-state index is 10.3. The Morgan fingerprint density at radius 3 is 2.82 bits per heavy atom. The fraction of sp³-hybridized carbons (Fsp3) is 0.857. The highest BCUT2D eigenvalue weighted by Gasteiger charge is 1.99. The van der Waals surface area contributed by atoms with Crippen molar-refractivity contribution in [2.75, 3.05) is 19.7 Å². The summed E-state index contributed by atoms with van der Waals surface area (Å²) in [4.78, 5) is 10.3. The van der Waals surface area contributed by atoms with Crippen molar-refractivity contribution in [1.29, 1.82) is 0 Å². The van der Waals surface area contributed by atoms with E-state index >= 15 is 0 Å². The van der Waals surface area contributed by atoms with E-state index in [9.17, 15) is 4.79 Å². The second kappa shape index (κ2) is 6.12. The van der Waals surface area contributed by atoms with Gasteiger partial charge in [-0.05, 0) is 13.8 Å². The first-order valence-electron chi connectivity index (χ1n) is 3.77. The number of carbonyl (C=O) groups is 1. The van der Waals surface area contributed by atoms with E-state index in [0.29, 0.717) is 13.2 Å². The predicted molar refractivity (Wildman–Crippen MR) is 43.2 cm³/mol. The van der Waals surface area contributed by atoms with Crippen LogP contribution < -0.4 is 11.1 Å². The van der Waals surface area contributed by atoms with Crippen LogP contribution in [0.5, 0.6) is 0 Å². The number of rotatable bonds is 6. The first-order valence-corrected chi connectivity index (χ1v) is 3.77. The van der Waals surface area contributed by atoms with Crippen molar-refractivity contribution in [2.45, 2.75) is 20.0 Å². The summed E-state index contributed by atoms with van der Waals surface area (Å²) in [5.41, 5.74) is 4.91. The molecule has 0 heterocycles. The zero-order valence-corrected chi connectivity index (χ0v) is 7.09. The molecule has 4 nitrogen and oxygen atoms in total. The van der Waals surface area contributed by atoms with Crippen molar-refractivity contribution in [3.8, 4) is 0 Å². The maximum absolute atomic E-state index is 10.3. The monoisotopic (exact) mass is 160 g/mol. The smallest absolute Gasteiger partial charge is 0.231 e. The molecular weight excluding hydrogens is 144 g/mol. The Morgan fingerprint density at radius 1 is 1.73 bits per heavy atom. The Hall–Kier alpha value is -0.610. The number of nitrogens with one attached hydrogen (secondary N) is 1. The van der Waals surface area contributed by atoms with Crippen LogP contribution in [-0.4, -0.2) is 31.7 Å². The average Bonchev–Trinajstić information content (AvgIpc) is 1.87. The van der Waals surface area contributed by atoms with Crippen LogP contribution >= 0.6 is 0 Å². The zero-order chi connectivity index (χ0) is 8.69. The number of primary amides is 1. The van der Waals surface area contributed by atoms with E-state index in [-0.39, 0.29) is 18.6 Å². The Balaban J connectivity index is 3.16. The van der Waals surface area contributed by atoms with Crippen molar-refractivity contribution in [2.24, 2.45) is 5.73 Å². The molecule has 3 N–H and O–H groups in total. The van der Waals surface area contributed by atoms with Crippen molar-refractivity contribution < 1.29 is 9.53 Å². The van der Waals surface area contributed by atoms with Crippen LogP contribution in [0.4, 0.5) is 0 Å². The van der Waals surface area contributed by atoms with Gasteiger partial charge in [0.25, 0.3) is 0 Å². The van der Waals surface area contributed by atoms with E-state index in [1.165, 1.54) is 0 Å². The summed E-state index contributed by atoms with van der Waals surface area (Å²) in [5.74, 6) is -0.339. The molecule has 0 aromatic carbocycles. The molecule has 0 radical (unpaired) electrons. The van der Waals surface area contributed by atoms with Crippen LogP contribution in [0.15, 0.2) is 0 Å². The molecule has 4 heteroatoms. The topological polar surface area (TPSA) is 64.3 Å². The van der Waals surface area contributed by atoms with Gasteiger partial charge in [0.1, 0.15) is 0 Å². The quantitative estimate of drug-likeness (QED) is 0.550. The second-order valence-electron chi connectivity index (χ2n) is 2.36. The minimum atomic E-state index is -0.339. The molecule has 0 aromatic rings. The lowest BCUT2D eigenvalue weighted by Gasteiger charge is -2.10. The van der Waals surface area contributed by atoms with Gasteiger partial charge in [-0.25, -0.2) is 0 Å². The lowest BCUT2D eigenvalue weighted by molar-refractivity contribution is -0.117. The lowest BCUT2D eigenvalue weighted by atomic mass is 10.4. The molecule has 11 heavy (non-hydrogen) atoms. The van der Waals surface area contributed by atoms with E-state index in [2.05, 4.69) is 5.32 Å². The molecule has 66 valence electrons. The molecule has 0 saturated carbocycles. The molecule has 0 saturated heterocycles. The van der Waals surface area contributed by atoms with Crippen LogP contribution in [0, 0.1) is 0 Å². The van der Waals surface area contributed by atoms with Crippen LogP contribution in [0.1, 0.15) is 13.8 Å². The largest absolute Gasteiger partial charge is 0.377 e. The third-order valence-electron chi connectivity index (χ3n) is 1.18. The Kier molecular flexibility index (Phi) is 5.78. The number of hydrogen-bond acceptors (Lipinski definition) is 3. The highest BCUT2D eigenvalue weighted by Crippen LogP contribution is 1.86. The molecule has 0 fully saturated rings. The van der Waals surface area contributed by atoms with Crippen LogP contribution in [0.25, 0.3) is 0 Å². The molecule has 1 atom stereocenters. The molecular formula is C7H16N2O2. The fourth-order valence-corrected chi connectivity index (χ4v) is 0.742. The third kappa shape index (κ3) is 7.29. The highest BCUT2D eigenvalue weighted by molar-refractivity contribution is 5.75. The predicted octanol–water partition coefficient (Wildman–Crippen LogP) is -0.514. The van der Waals surface area contributed by atoms with Gasteiger partial charge in [0.2, 0.25) is 5.91 Å². The molecule has 0 aliphatic rings. The number of nitrogens with two attached hydrogens (primary N) is 1. The molecule has 0 aliphatic heterocycles. The zero-order valence-electron chi connectivity index (χ0n) is 7.09. The van der Waals surface area contributed by atoms with Crippen molar-refractivity contribution in [3.05, 3.63) is 0 Å². The number of ether oxygens (including phenoxy) is 1. The van der Waals surface area contributed by atoms with Gasteiger partial charge in [0, 0.05) is 13.2 Å². The first-order chi connectivity index (χ1) is 5.16. The van der Waals surface area contributed by atoms with Gasteiger partial charge >= 0.3 is 0 Å². The van der Waals surface area contributed by atoms with E-state index in [0.717, 1.165) is 0 Å². The molecule has 1 unspecified atom stereocenters. The van der Waals surface area contributed by atoms with Gasteiger partial charge < -0.3 is 15.8 Å². The summed E-state index contributed by atoms with van der Waals surface area (Å²) in [5, 5.41) is 2.87. The molecule has 0 rings (SSSR count). The second-order valence-corrected chi connectivity index (χ2v) is 2.36.